The van der Waals surface area contributed by atoms with Crippen LogP contribution in [0.4, 0.5) is 13.2 Å². The van der Waals surface area contributed by atoms with Gasteiger partial charge in [-0.3, -0.25) is 4.79 Å². The topological polar surface area (TPSA) is 72.5 Å². The largest absolute Gasteiger partial charge is 0.469 e. The van der Waals surface area contributed by atoms with E-state index in [1.54, 1.807) is 0 Å². The number of esters is 1. The molecule has 0 heterocycles. The van der Waals surface area contributed by atoms with E-state index in [1.807, 2.05) is 0 Å². The fourth-order valence-electron chi connectivity index (χ4n) is 2.01. The molecule has 18 heavy (non-hydrogen) atoms. The number of sulfonamides is 1. The van der Waals surface area contributed by atoms with Gasteiger partial charge in [0.2, 0.25) is 10.0 Å². The first-order valence-electron chi connectivity index (χ1n) is 5.30. The second kappa shape index (κ2) is 5.43. The van der Waals surface area contributed by atoms with E-state index >= 15 is 0 Å². The molecule has 1 saturated carbocycles. The minimum Gasteiger partial charge on any atom is -0.469 e. The van der Waals surface area contributed by atoms with Crippen LogP contribution in [0.25, 0.3) is 0 Å². The van der Waals surface area contributed by atoms with Gasteiger partial charge in [0.15, 0.2) is 0 Å². The molecule has 1 rings (SSSR count). The molecule has 0 aromatic heterocycles. The zero-order valence-electron chi connectivity index (χ0n) is 9.66. The highest BCUT2D eigenvalue weighted by atomic mass is 32.2. The highest BCUT2D eigenvalue weighted by Gasteiger charge is 2.43. The van der Waals surface area contributed by atoms with E-state index in [-0.39, 0.29) is 6.42 Å². The van der Waals surface area contributed by atoms with Gasteiger partial charge in [0.1, 0.15) is 6.54 Å². The van der Waals surface area contributed by atoms with Crippen molar-refractivity contribution in [2.45, 2.75) is 30.7 Å². The van der Waals surface area contributed by atoms with E-state index in [0.29, 0.717) is 12.8 Å². The fraction of sp³-hybridized carbons (Fsp3) is 0.889. The highest BCUT2D eigenvalue weighted by Crippen LogP contribution is 2.31. The lowest BCUT2D eigenvalue weighted by Gasteiger charge is -2.19. The van der Waals surface area contributed by atoms with Crippen LogP contribution in [0.15, 0.2) is 0 Å². The van der Waals surface area contributed by atoms with Crippen molar-refractivity contribution >= 4 is 16.0 Å². The maximum Gasteiger partial charge on any atom is 0.402 e. The molecule has 0 aromatic carbocycles. The molecule has 0 aliphatic heterocycles. The van der Waals surface area contributed by atoms with Crippen molar-refractivity contribution in [3.8, 4) is 0 Å². The predicted molar refractivity (Wildman–Crippen MR) is 56.1 cm³/mol. The molecule has 0 amide bonds. The minimum atomic E-state index is -4.62. The van der Waals surface area contributed by atoms with Crippen molar-refractivity contribution in [1.29, 1.82) is 0 Å². The molecule has 0 spiro atoms. The third kappa shape index (κ3) is 3.84. The molecule has 0 radical (unpaired) electrons. The summed E-state index contributed by atoms with van der Waals surface area (Å²) in [5.74, 6) is -1.59. The molecule has 2 unspecified atom stereocenters. The normalized spacial score (nSPS) is 25.1. The molecule has 5 nitrogen and oxygen atoms in total. The Morgan fingerprint density at radius 3 is 2.50 bits per heavy atom. The molecule has 9 heteroatoms. The first-order chi connectivity index (χ1) is 8.17. The van der Waals surface area contributed by atoms with Crippen molar-refractivity contribution < 1.29 is 31.1 Å². The lowest BCUT2D eigenvalue weighted by Crippen LogP contribution is -2.43. The maximum atomic E-state index is 12.0. The molecule has 1 fully saturated rings. The second-order valence-corrected chi connectivity index (χ2v) is 6.06. The molecule has 1 N–H and O–H groups in total. The van der Waals surface area contributed by atoms with Crippen molar-refractivity contribution in [3.63, 3.8) is 0 Å². The Bertz CT molecular complexity index is 407. The van der Waals surface area contributed by atoms with Crippen LogP contribution in [0.1, 0.15) is 19.3 Å². The smallest absolute Gasteiger partial charge is 0.402 e. The summed E-state index contributed by atoms with van der Waals surface area (Å²) >= 11 is 0. The van der Waals surface area contributed by atoms with E-state index in [2.05, 4.69) is 4.74 Å². The van der Waals surface area contributed by atoms with Gasteiger partial charge in [0.25, 0.3) is 0 Å². The minimum absolute atomic E-state index is 0.160. The summed E-state index contributed by atoms with van der Waals surface area (Å²) in [4.78, 5) is 11.3. The van der Waals surface area contributed by atoms with Gasteiger partial charge in [-0.25, -0.2) is 13.1 Å². The number of halogens is 3. The summed E-state index contributed by atoms with van der Waals surface area (Å²) in [7, 11) is -3.05. The van der Waals surface area contributed by atoms with Gasteiger partial charge >= 0.3 is 12.1 Å². The zero-order chi connectivity index (χ0) is 14.0. The van der Waals surface area contributed by atoms with Gasteiger partial charge in [-0.05, 0) is 12.8 Å². The van der Waals surface area contributed by atoms with Gasteiger partial charge in [-0.2, -0.15) is 13.2 Å². The number of rotatable bonds is 4. The van der Waals surface area contributed by atoms with Crippen molar-refractivity contribution in [3.05, 3.63) is 0 Å². The molecule has 0 aromatic rings. The quantitative estimate of drug-likeness (QED) is 0.777. The average molecular weight is 289 g/mol. The van der Waals surface area contributed by atoms with Crippen molar-refractivity contribution in [2.24, 2.45) is 5.92 Å². The van der Waals surface area contributed by atoms with Crippen LogP contribution >= 0.6 is 0 Å². The third-order valence-electron chi connectivity index (χ3n) is 2.83. The van der Waals surface area contributed by atoms with E-state index in [0.717, 1.165) is 7.11 Å². The van der Waals surface area contributed by atoms with E-state index in [1.165, 1.54) is 4.72 Å². The number of ether oxygens (including phenoxy) is 1. The van der Waals surface area contributed by atoms with E-state index in [9.17, 15) is 26.4 Å². The van der Waals surface area contributed by atoms with E-state index in [4.69, 9.17) is 0 Å². The number of nitrogens with one attached hydrogen (secondary N) is 1. The average Bonchev–Trinajstić information content (AvgIpc) is 2.74. The molecule has 2 atom stereocenters. The molecular formula is C9H14F3NO4S. The number of carbonyl (C=O) groups excluding carboxylic acids is 1. The first-order valence-corrected chi connectivity index (χ1v) is 6.85. The van der Waals surface area contributed by atoms with Crippen molar-refractivity contribution in [2.75, 3.05) is 13.7 Å². The Morgan fingerprint density at radius 1 is 1.39 bits per heavy atom. The first kappa shape index (κ1) is 15.2. The number of hydrogen-bond donors (Lipinski definition) is 1. The second-order valence-electron chi connectivity index (χ2n) is 4.08. The van der Waals surface area contributed by atoms with Crippen LogP contribution < -0.4 is 4.72 Å². The number of alkyl halides is 3. The molecular weight excluding hydrogens is 275 g/mol. The van der Waals surface area contributed by atoms with Gasteiger partial charge in [-0.15, -0.1) is 0 Å². The Kier molecular flexibility index (Phi) is 4.60. The number of carbonyl (C=O) groups is 1. The lowest BCUT2D eigenvalue weighted by atomic mass is 10.1. The van der Waals surface area contributed by atoms with Crippen LogP contribution in [0.5, 0.6) is 0 Å². The third-order valence-corrected chi connectivity index (χ3v) is 4.74. The summed E-state index contributed by atoms with van der Waals surface area (Å²) in [6, 6.07) is 0. The maximum absolute atomic E-state index is 12.0. The monoisotopic (exact) mass is 289 g/mol. The molecule has 106 valence electrons. The van der Waals surface area contributed by atoms with E-state index < -0.39 is 39.9 Å². The summed E-state index contributed by atoms with van der Waals surface area (Å²) < 4.78 is 65.3. The fourth-order valence-corrected chi connectivity index (χ4v) is 3.74. The summed E-state index contributed by atoms with van der Waals surface area (Å²) in [5, 5.41) is -1.15. The Hall–Kier alpha value is -0.830. The number of hydrogen-bond acceptors (Lipinski definition) is 4. The zero-order valence-corrected chi connectivity index (χ0v) is 10.5. The highest BCUT2D eigenvalue weighted by molar-refractivity contribution is 7.90. The standard InChI is InChI=1S/C9H14F3NO4S/c1-17-8(14)6-3-2-4-7(6)18(15,16)13-5-9(10,11)12/h6-7,13H,2-5H2,1H3. The summed E-state index contributed by atoms with van der Waals surface area (Å²) in [5.41, 5.74) is 0. The summed E-state index contributed by atoms with van der Waals surface area (Å²) in [6.07, 6.45) is -3.68. The van der Waals surface area contributed by atoms with Crippen LogP contribution in [0.2, 0.25) is 0 Å². The van der Waals surface area contributed by atoms with Crippen LogP contribution in [-0.4, -0.2) is 39.5 Å². The van der Waals surface area contributed by atoms with Crippen LogP contribution in [-0.2, 0) is 19.6 Å². The molecule has 0 saturated heterocycles. The van der Waals surface area contributed by atoms with Crippen LogP contribution in [0, 0.1) is 5.92 Å². The Balaban J connectivity index is 2.75. The van der Waals surface area contributed by atoms with Gasteiger partial charge in [0.05, 0.1) is 18.3 Å². The van der Waals surface area contributed by atoms with Gasteiger partial charge < -0.3 is 4.74 Å². The SMILES string of the molecule is COC(=O)C1CCCC1S(=O)(=O)NCC(F)(F)F. The Morgan fingerprint density at radius 2 is 2.00 bits per heavy atom. The Labute approximate surface area is 103 Å². The summed E-state index contributed by atoms with van der Waals surface area (Å²) in [6.45, 7) is -1.63. The molecule has 0 bridgehead atoms. The van der Waals surface area contributed by atoms with Gasteiger partial charge in [-0.1, -0.05) is 6.42 Å². The molecule has 1 aliphatic rings. The predicted octanol–water partition coefficient (Wildman–Crippen LogP) is 0.810. The van der Waals surface area contributed by atoms with Crippen LogP contribution in [0.3, 0.4) is 0 Å². The molecule has 1 aliphatic carbocycles. The number of methoxy groups -OCH3 is 1. The van der Waals surface area contributed by atoms with Crippen molar-refractivity contribution in [1.82, 2.24) is 4.72 Å². The lowest BCUT2D eigenvalue weighted by molar-refractivity contribution is -0.145. The van der Waals surface area contributed by atoms with Gasteiger partial charge in [0, 0.05) is 0 Å².